The van der Waals surface area contributed by atoms with Crippen molar-refractivity contribution in [1.29, 1.82) is 10.5 Å². The van der Waals surface area contributed by atoms with Gasteiger partial charge in [0.25, 0.3) is 0 Å². The molecule has 2 aromatic carbocycles. The first-order valence-electron chi connectivity index (χ1n) is 9.34. The number of unbranched alkanes of at least 4 members (excludes halogenated alkanes) is 5. The van der Waals surface area contributed by atoms with E-state index >= 15 is 0 Å². The maximum absolute atomic E-state index is 14.9. The van der Waals surface area contributed by atoms with Gasteiger partial charge in [0.15, 0.2) is 17.4 Å². The fraction of sp³-hybridized carbons (Fsp3) is 0.364. The maximum atomic E-state index is 14.9. The summed E-state index contributed by atoms with van der Waals surface area (Å²) in [5.41, 5.74) is -1.21. The van der Waals surface area contributed by atoms with E-state index in [2.05, 4.69) is 6.92 Å². The first-order valence-corrected chi connectivity index (χ1v) is 10.2. The molecule has 28 heavy (non-hydrogen) atoms. The van der Waals surface area contributed by atoms with Crippen LogP contribution in [0.2, 0.25) is 0 Å². The van der Waals surface area contributed by atoms with E-state index in [1.54, 1.807) is 36.4 Å². The lowest BCUT2D eigenvalue weighted by molar-refractivity contribution is 0.279. The van der Waals surface area contributed by atoms with Gasteiger partial charge in [0.05, 0.1) is 11.5 Å². The summed E-state index contributed by atoms with van der Waals surface area (Å²) < 4.78 is 35.4. The zero-order valence-corrected chi connectivity index (χ0v) is 16.6. The number of nitrogens with zero attached hydrogens (tertiary/aromatic N) is 2. The Bertz CT molecular complexity index is 873. The molecule has 0 spiro atoms. The van der Waals surface area contributed by atoms with Crippen molar-refractivity contribution >= 4 is 11.8 Å². The van der Waals surface area contributed by atoms with Gasteiger partial charge in [-0.2, -0.15) is 10.5 Å². The smallest absolute Gasteiger partial charge is 0.185 e. The summed E-state index contributed by atoms with van der Waals surface area (Å²) in [6.45, 7) is 2.37. The highest BCUT2D eigenvalue weighted by Crippen LogP contribution is 2.41. The van der Waals surface area contributed by atoms with Gasteiger partial charge < -0.3 is 4.74 Å². The molecule has 0 bridgehead atoms. The van der Waals surface area contributed by atoms with Gasteiger partial charge in [-0.3, -0.25) is 0 Å². The van der Waals surface area contributed by atoms with Crippen molar-refractivity contribution in [3.05, 3.63) is 53.1 Å². The van der Waals surface area contributed by atoms with E-state index in [1.807, 2.05) is 6.07 Å². The van der Waals surface area contributed by atoms with Gasteiger partial charge in [-0.25, -0.2) is 8.78 Å². The van der Waals surface area contributed by atoms with Crippen molar-refractivity contribution in [3.8, 4) is 17.9 Å². The normalized spacial score (nSPS) is 10.3. The van der Waals surface area contributed by atoms with E-state index in [4.69, 9.17) is 4.74 Å². The molecule has 0 saturated carbocycles. The molecule has 0 atom stereocenters. The van der Waals surface area contributed by atoms with Crippen molar-refractivity contribution in [1.82, 2.24) is 0 Å². The molecule has 146 valence electrons. The third-order valence-electron chi connectivity index (χ3n) is 4.22. The summed E-state index contributed by atoms with van der Waals surface area (Å²) in [5, 5.41) is 18.4. The van der Waals surface area contributed by atoms with Crippen LogP contribution in [-0.2, 0) is 0 Å². The molecule has 0 N–H and O–H groups in total. The molecule has 2 aromatic rings. The topological polar surface area (TPSA) is 56.8 Å². The van der Waals surface area contributed by atoms with Gasteiger partial charge in [0.1, 0.15) is 23.3 Å². The summed E-state index contributed by atoms with van der Waals surface area (Å²) in [4.78, 5) is 0.573. The fourth-order valence-corrected chi connectivity index (χ4v) is 3.70. The lowest BCUT2D eigenvalue weighted by Crippen LogP contribution is -2.06. The summed E-state index contributed by atoms with van der Waals surface area (Å²) >= 11 is 0.978. The number of hydrogen-bond donors (Lipinski definition) is 0. The van der Waals surface area contributed by atoms with E-state index < -0.39 is 22.8 Å². The Morgan fingerprint density at radius 2 is 1.50 bits per heavy atom. The van der Waals surface area contributed by atoms with E-state index in [0.29, 0.717) is 11.3 Å². The van der Waals surface area contributed by atoms with Gasteiger partial charge >= 0.3 is 0 Å². The molecular formula is C22H22F2N2OS. The van der Waals surface area contributed by atoms with E-state index in [-0.39, 0.29) is 17.3 Å². The zero-order chi connectivity index (χ0) is 20.4. The Labute approximate surface area is 168 Å². The van der Waals surface area contributed by atoms with Gasteiger partial charge in [0.2, 0.25) is 0 Å². The Morgan fingerprint density at radius 3 is 2.14 bits per heavy atom. The molecule has 0 radical (unpaired) electrons. The SMILES string of the molecule is CCCCCCCCOc1c(F)c(C#N)c(C#N)c(F)c1Sc1ccccc1. The molecule has 0 aliphatic rings. The molecule has 0 heterocycles. The summed E-state index contributed by atoms with van der Waals surface area (Å²) in [7, 11) is 0. The van der Waals surface area contributed by atoms with Crippen LogP contribution >= 0.6 is 11.8 Å². The molecule has 0 aliphatic heterocycles. The quantitative estimate of drug-likeness (QED) is 0.422. The van der Waals surface area contributed by atoms with Crippen LogP contribution in [0.25, 0.3) is 0 Å². The van der Waals surface area contributed by atoms with Crippen LogP contribution in [0.15, 0.2) is 40.1 Å². The predicted molar refractivity (Wildman–Crippen MR) is 105 cm³/mol. The average molecular weight is 400 g/mol. The van der Waals surface area contributed by atoms with Gasteiger partial charge in [-0.05, 0) is 18.6 Å². The summed E-state index contributed by atoms with van der Waals surface area (Å²) in [6, 6.07) is 12.1. The number of hydrogen-bond acceptors (Lipinski definition) is 4. The van der Waals surface area contributed by atoms with Crippen LogP contribution < -0.4 is 4.74 Å². The molecular weight excluding hydrogens is 378 g/mol. The van der Waals surface area contributed by atoms with Crippen molar-refractivity contribution in [2.75, 3.05) is 6.61 Å². The minimum Gasteiger partial charge on any atom is -0.489 e. The molecule has 0 fully saturated rings. The molecule has 0 unspecified atom stereocenters. The summed E-state index contributed by atoms with van der Waals surface area (Å²) in [6.07, 6.45) is 6.19. The van der Waals surface area contributed by atoms with Crippen LogP contribution in [0.3, 0.4) is 0 Å². The van der Waals surface area contributed by atoms with Crippen molar-refractivity contribution < 1.29 is 13.5 Å². The maximum Gasteiger partial charge on any atom is 0.185 e. The van der Waals surface area contributed by atoms with Gasteiger partial charge in [-0.15, -0.1) is 0 Å². The van der Waals surface area contributed by atoms with Crippen molar-refractivity contribution in [2.45, 2.75) is 55.2 Å². The number of benzene rings is 2. The number of nitriles is 2. The molecule has 0 amide bonds. The third kappa shape index (κ3) is 5.47. The van der Waals surface area contributed by atoms with E-state index in [0.717, 1.165) is 37.4 Å². The highest BCUT2D eigenvalue weighted by atomic mass is 32.2. The molecule has 0 aromatic heterocycles. The minimum atomic E-state index is -0.982. The van der Waals surface area contributed by atoms with Crippen LogP contribution in [0.5, 0.6) is 5.75 Å². The molecule has 3 nitrogen and oxygen atoms in total. The number of rotatable bonds is 10. The molecule has 0 saturated heterocycles. The highest BCUT2D eigenvalue weighted by molar-refractivity contribution is 7.99. The Hall–Kier alpha value is -2.57. The Kier molecular flexibility index (Phi) is 8.78. The molecule has 6 heteroatoms. The lowest BCUT2D eigenvalue weighted by atomic mass is 10.1. The number of ether oxygens (including phenoxy) is 1. The fourth-order valence-electron chi connectivity index (χ4n) is 2.74. The summed E-state index contributed by atoms with van der Waals surface area (Å²) in [5.74, 6) is -2.20. The second-order valence-electron chi connectivity index (χ2n) is 6.29. The zero-order valence-electron chi connectivity index (χ0n) is 15.8. The van der Waals surface area contributed by atoms with Crippen LogP contribution in [0.1, 0.15) is 56.6 Å². The predicted octanol–water partition coefficient (Wildman–Crippen LogP) is 6.60. The van der Waals surface area contributed by atoms with E-state index in [1.165, 1.54) is 6.42 Å². The van der Waals surface area contributed by atoms with E-state index in [9.17, 15) is 19.3 Å². The molecule has 2 rings (SSSR count). The second-order valence-corrected chi connectivity index (χ2v) is 7.37. The first kappa shape index (κ1) is 21.7. The second kappa shape index (κ2) is 11.3. The minimum absolute atomic E-state index is 0.106. The van der Waals surface area contributed by atoms with Gasteiger partial charge in [0, 0.05) is 4.90 Å². The van der Waals surface area contributed by atoms with Crippen LogP contribution in [-0.4, -0.2) is 6.61 Å². The first-order chi connectivity index (χ1) is 13.6. The van der Waals surface area contributed by atoms with Crippen molar-refractivity contribution in [3.63, 3.8) is 0 Å². The Balaban J connectivity index is 2.27. The van der Waals surface area contributed by atoms with Crippen LogP contribution in [0, 0.1) is 34.3 Å². The number of halogens is 2. The monoisotopic (exact) mass is 400 g/mol. The van der Waals surface area contributed by atoms with Gasteiger partial charge in [-0.1, -0.05) is 69.0 Å². The highest BCUT2D eigenvalue weighted by Gasteiger charge is 2.26. The molecule has 0 aliphatic carbocycles. The largest absolute Gasteiger partial charge is 0.489 e. The van der Waals surface area contributed by atoms with Crippen LogP contribution in [0.4, 0.5) is 8.78 Å². The van der Waals surface area contributed by atoms with Crippen molar-refractivity contribution in [2.24, 2.45) is 0 Å². The third-order valence-corrected chi connectivity index (χ3v) is 5.30. The standard InChI is InChI=1S/C22H22F2N2OS/c1-2-3-4-5-6-10-13-27-21-19(23)17(14-25)18(15-26)20(24)22(21)28-16-11-8-7-9-12-16/h7-9,11-12H,2-6,10,13H2,1H3. The average Bonchev–Trinajstić information content (AvgIpc) is 2.72. The lowest BCUT2D eigenvalue weighted by Gasteiger charge is -2.15. The Morgan fingerprint density at radius 1 is 0.893 bits per heavy atom.